The molecule has 0 amide bonds. The van der Waals surface area contributed by atoms with Crippen molar-refractivity contribution in [2.45, 2.75) is 245 Å². The van der Waals surface area contributed by atoms with Crippen molar-refractivity contribution in [1.82, 2.24) is 0 Å². The van der Waals surface area contributed by atoms with Crippen LogP contribution in [0.1, 0.15) is 239 Å². The third-order valence-electron chi connectivity index (χ3n) is 11.0. The third kappa shape index (κ3) is 51.2. The minimum atomic E-state index is -0.814. The van der Waals surface area contributed by atoms with Crippen molar-refractivity contribution in [3.63, 3.8) is 0 Å². The van der Waals surface area contributed by atoms with Crippen LogP contribution < -0.4 is 0 Å². The van der Waals surface area contributed by atoms with Gasteiger partial charge in [0.2, 0.25) is 0 Å². The fourth-order valence-corrected chi connectivity index (χ4v) is 6.95. The van der Waals surface area contributed by atoms with E-state index in [9.17, 15) is 14.4 Å². The van der Waals surface area contributed by atoms with Crippen LogP contribution in [0.5, 0.6) is 0 Å². The van der Waals surface area contributed by atoms with Gasteiger partial charge in [-0.2, -0.15) is 0 Å². The number of ether oxygens (including phenoxy) is 3. The smallest absolute Gasteiger partial charge is 0.306 e. The van der Waals surface area contributed by atoms with Gasteiger partial charge in [-0.15, -0.1) is 0 Å². The second-order valence-corrected chi connectivity index (χ2v) is 17.4. The topological polar surface area (TPSA) is 78.9 Å². The maximum absolute atomic E-state index is 12.8. The zero-order valence-corrected chi connectivity index (χ0v) is 42.2. The quantitative estimate of drug-likeness (QED) is 0.0262. The number of carbonyl (C=O) groups is 3. The predicted molar refractivity (Wildman–Crippen MR) is 279 cm³/mol. The molecule has 0 radical (unpaired) electrons. The lowest BCUT2D eigenvalue weighted by Gasteiger charge is -2.18. The largest absolute Gasteiger partial charge is 0.462 e. The molecule has 0 rings (SSSR count). The Labute approximate surface area is 400 Å². The summed E-state index contributed by atoms with van der Waals surface area (Å²) in [6, 6.07) is 0. The summed E-state index contributed by atoms with van der Waals surface area (Å²) in [6.07, 6.45) is 69.6. The highest BCUT2D eigenvalue weighted by atomic mass is 16.6. The first kappa shape index (κ1) is 61.3. The van der Waals surface area contributed by atoms with Crippen molar-refractivity contribution in [3.05, 3.63) is 97.2 Å². The van der Waals surface area contributed by atoms with E-state index in [-0.39, 0.29) is 37.5 Å². The van der Waals surface area contributed by atoms with Gasteiger partial charge in [-0.1, -0.05) is 189 Å². The first-order valence-electron chi connectivity index (χ1n) is 26.7. The molecule has 0 saturated carbocycles. The number of hydrogen-bond acceptors (Lipinski definition) is 6. The maximum Gasteiger partial charge on any atom is 0.306 e. The van der Waals surface area contributed by atoms with E-state index >= 15 is 0 Å². The fourth-order valence-electron chi connectivity index (χ4n) is 6.95. The minimum absolute atomic E-state index is 0.108. The molecule has 370 valence electrons. The lowest BCUT2D eigenvalue weighted by molar-refractivity contribution is -0.167. The molecule has 0 aliphatic carbocycles. The van der Waals surface area contributed by atoms with E-state index < -0.39 is 6.10 Å². The van der Waals surface area contributed by atoms with Gasteiger partial charge in [0.1, 0.15) is 13.2 Å². The van der Waals surface area contributed by atoms with Crippen LogP contribution in [0.4, 0.5) is 0 Å². The molecule has 65 heavy (non-hydrogen) atoms. The Morgan fingerprint density at radius 2 is 0.554 bits per heavy atom. The SMILES string of the molecule is CCCCC/C=C\C/C=C\C/C=C\C/C=C\CCCCCC(=O)O[C@H](COC(=O)CCCC/C=C\C/C=C\C/C=C\CCCCC)COC(=O)CCCCCCC/C=C\CCCCCC. The van der Waals surface area contributed by atoms with E-state index in [0.29, 0.717) is 12.8 Å². The van der Waals surface area contributed by atoms with Gasteiger partial charge in [-0.3, -0.25) is 14.4 Å². The Bertz CT molecular complexity index is 1310. The predicted octanol–water partition coefficient (Wildman–Crippen LogP) is 17.8. The summed E-state index contributed by atoms with van der Waals surface area (Å²) in [4.78, 5) is 38.0. The van der Waals surface area contributed by atoms with E-state index in [1.54, 1.807) is 0 Å². The normalized spacial score (nSPS) is 12.8. The highest BCUT2D eigenvalue weighted by Crippen LogP contribution is 2.12. The van der Waals surface area contributed by atoms with E-state index in [1.807, 2.05) is 0 Å². The fraction of sp³-hybridized carbons (Fsp3) is 0.678. The average molecular weight is 903 g/mol. The lowest BCUT2D eigenvalue weighted by Crippen LogP contribution is -2.30. The van der Waals surface area contributed by atoms with E-state index in [1.165, 1.54) is 89.9 Å². The third-order valence-corrected chi connectivity index (χ3v) is 11.0. The Morgan fingerprint density at radius 3 is 0.954 bits per heavy atom. The van der Waals surface area contributed by atoms with Crippen molar-refractivity contribution < 1.29 is 28.6 Å². The minimum Gasteiger partial charge on any atom is -0.462 e. The van der Waals surface area contributed by atoms with Crippen LogP contribution in [0.25, 0.3) is 0 Å². The Hall–Kier alpha value is -3.67. The zero-order valence-electron chi connectivity index (χ0n) is 42.2. The summed E-state index contributed by atoms with van der Waals surface area (Å²) in [5.74, 6) is -0.989. The summed E-state index contributed by atoms with van der Waals surface area (Å²) in [5, 5.41) is 0. The first-order valence-corrected chi connectivity index (χ1v) is 26.7. The summed E-state index contributed by atoms with van der Waals surface area (Å²) in [6.45, 7) is 6.49. The summed E-state index contributed by atoms with van der Waals surface area (Å²) < 4.78 is 16.7. The second kappa shape index (κ2) is 52.9. The van der Waals surface area contributed by atoms with Crippen LogP contribution >= 0.6 is 0 Å². The monoisotopic (exact) mass is 903 g/mol. The molecule has 0 bridgehead atoms. The van der Waals surface area contributed by atoms with E-state index in [4.69, 9.17) is 14.2 Å². The number of esters is 3. The second-order valence-electron chi connectivity index (χ2n) is 17.4. The van der Waals surface area contributed by atoms with Crippen LogP contribution in [-0.4, -0.2) is 37.2 Å². The van der Waals surface area contributed by atoms with Gasteiger partial charge in [0.15, 0.2) is 6.10 Å². The highest BCUT2D eigenvalue weighted by Gasteiger charge is 2.19. The molecular weight excluding hydrogens is 805 g/mol. The van der Waals surface area contributed by atoms with Crippen molar-refractivity contribution in [1.29, 1.82) is 0 Å². The van der Waals surface area contributed by atoms with Crippen LogP contribution in [0.2, 0.25) is 0 Å². The number of unbranched alkanes of at least 4 members (excludes halogenated alkanes) is 20. The van der Waals surface area contributed by atoms with E-state index in [0.717, 1.165) is 109 Å². The van der Waals surface area contributed by atoms with Gasteiger partial charge in [-0.05, 0) is 128 Å². The van der Waals surface area contributed by atoms with Crippen LogP contribution in [0.3, 0.4) is 0 Å². The number of rotatable bonds is 47. The molecule has 0 aromatic heterocycles. The van der Waals surface area contributed by atoms with Crippen molar-refractivity contribution >= 4 is 17.9 Å². The molecule has 0 saturated heterocycles. The summed E-state index contributed by atoms with van der Waals surface area (Å²) in [5.41, 5.74) is 0. The molecule has 0 aliphatic rings. The molecule has 0 aromatic carbocycles. The molecule has 0 spiro atoms. The molecule has 0 aliphatic heterocycles. The van der Waals surface area contributed by atoms with Gasteiger partial charge < -0.3 is 14.2 Å². The Morgan fingerprint density at radius 1 is 0.308 bits per heavy atom. The maximum atomic E-state index is 12.8. The van der Waals surface area contributed by atoms with Crippen molar-refractivity contribution in [2.75, 3.05) is 13.2 Å². The molecule has 1 atom stereocenters. The van der Waals surface area contributed by atoms with Crippen LogP contribution in [0, 0.1) is 0 Å². The van der Waals surface area contributed by atoms with Crippen LogP contribution in [-0.2, 0) is 28.6 Å². The van der Waals surface area contributed by atoms with Gasteiger partial charge in [0.25, 0.3) is 0 Å². The highest BCUT2D eigenvalue weighted by molar-refractivity contribution is 5.71. The van der Waals surface area contributed by atoms with Gasteiger partial charge in [0.05, 0.1) is 0 Å². The standard InChI is InChI=1S/C59H98O6/c1-4-7-10-13-16-19-22-25-27-28-29-30-32-35-38-41-44-47-50-53-59(62)65-56(54-63-57(60)51-48-45-42-39-36-33-24-21-18-15-12-9-6-3)55-64-58(61)52-49-46-43-40-37-34-31-26-23-20-17-14-11-8-5-2/h16-17,19-21,24-27,29-31,35,37-38,40,56H,4-15,18,22-23,28,32-34,36,39,41-55H2,1-3H3/b19-16-,20-17-,24-21-,27-25-,30-29-,31-26-,38-35-,40-37-/t56-/m0/s1. The Balaban J connectivity index is 4.53. The molecule has 0 fully saturated rings. The number of carbonyl (C=O) groups excluding carboxylic acids is 3. The molecule has 0 unspecified atom stereocenters. The first-order chi connectivity index (χ1) is 32.0. The molecule has 6 heteroatoms. The van der Waals surface area contributed by atoms with Crippen molar-refractivity contribution in [2.24, 2.45) is 0 Å². The average Bonchev–Trinajstić information content (AvgIpc) is 3.30. The van der Waals surface area contributed by atoms with Crippen molar-refractivity contribution in [3.8, 4) is 0 Å². The Kier molecular flexibility index (Phi) is 50.0. The van der Waals surface area contributed by atoms with Gasteiger partial charge >= 0.3 is 17.9 Å². The molecule has 0 aromatic rings. The van der Waals surface area contributed by atoms with Gasteiger partial charge in [0, 0.05) is 19.3 Å². The zero-order chi connectivity index (χ0) is 47.2. The summed E-state index contributed by atoms with van der Waals surface area (Å²) in [7, 11) is 0. The number of hydrogen-bond donors (Lipinski definition) is 0. The number of allylic oxidation sites excluding steroid dienone is 16. The lowest BCUT2D eigenvalue weighted by atomic mass is 10.1. The summed E-state index contributed by atoms with van der Waals surface area (Å²) >= 11 is 0. The molecular formula is C59H98O6. The molecule has 0 heterocycles. The van der Waals surface area contributed by atoms with Gasteiger partial charge in [-0.25, -0.2) is 0 Å². The molecule has 6 nitrogen and oxygen atoms in total. The van der Waals surface area contributed by atoms with Crippen LogP contribution in [0.15, 0.2) is 97.2 Å². The van der Waals surface area contributed by atoms with E-state index in [2.05, 4.69) is 118 Å². The molecule has 0 N–H and O–H groups in total.